The van der Waals surface area contributed by atoms with Gasteiger partial charge in [-0.05, 0) is 81.4 Å². The number of likely N-dealkylation sites (tertiary alicyclic amines) is 1. The maximum absolute atomic E-state index is 6.39. The van der Waals surface area contributed by atoms with Gasteiger partial charge in [-0.3, -0.25) is 0 Å². The van der Waals surface area contributed by atoms with Crippen molar-refractivity contribution >= 4 is 16.9 Å². The standard InChI is InChI=1S/C29H34N6O/c30-21-14-16-34(17-15-21)22-8-10-23(11-9-22)35-18-26(27-28(31)32-19-33-29(27)35)20-6-12-25(13-7-20)36-24-4-2-1-3-5-24/h1-7,12-13,18-19,21-23H,8-11,14-17,30H2,(H2,31,32,33)/t22-,23-. The van der Waals surface area contributed by atoms with E-state index in [1.807, 2.05) is 42.5 Å². The van der Waals surface area contributed by atoms with Crippen molar-refractivity contribution in [3.63, 3.8) is 0 Å². The topological polar surface area (TPSA) is 95.2 Å². The maximum atomic E-state index is 6.39. The van der Waals surface area contributed by atoms with Crippen LogP contribution in [0, 0.1) is 0 Å². The molecular formula is C29H34N6O. The lowest BCUT2D eigenvalue weighted by atomic mass is 9.88. The largest absolute Gasteiger partial charge is 0.457 e. The minimum Gasteiger partial charge on any atom is -0.457 e. The second-order valence-electron chi connectivity index (χ2n) is 10.2. The normalized spacial score (nSPS) is 21.6. The van der Waals surface area contributed by atoms with Crippen LogP contribution in [0.15, 0.2) is 67.1 Å². The van der Waals surface area contributed by atoms with Crippen molar-refractivity contribution in [1.82, 2.24) is 19.4 Å². The third-order valence-electron chi connectivity index (χ3n) is 7.93. The van der Waals surface area contributed by atoms with Crippen LogP contribution < -0.4 is 16.2 Å². The summed E-state index contributed by atoms with van der Waals surface area (Å²) in [5.74, 6) is 2.15. The van der Waals surface area contributed by atoms with Gasteiger partial charge in [-0.2, -0.15) is 0 Å². The third-order valence-corrected chi connectivity index (χ3v) is 7.93. The number of benzene rings is 2. The van der Waals surface area contributed by atoms with E-state index < -0.39 is 0 Å². The van der Waals surface area contributed by atoms with Gasteiger partial charge in [0.05, 0.1) is 5.39 Å². The number of ether oxygens (including phenoxy) is 1. The maximum Gasteiger partial charge on any atom is 0.146 e. The van der Waals surface area contributed by atoms with Crippen LogP contribution in [0.1, 0.15) is 44.6 Å². The van der Waals surface area contributed by atoms with E-state index in [2.05, 4.69) is 37.8 Å². The molecule has 1 aliphatic heterocycles. The highest BCUT2D eigenvalue weighted by Gasteiger charge is 2.30. The lowest BCUT2D eigenvalue weighted by molar-refractivity contribution is 0.110. The fraction of sp³-hybridized carbons (Fsp3) is 0.379. The van der Waals surface area contributed by atoms with E-state index in [4.69, 9.17) is 16.2 Å². The van der Waals surface area contributed by atoms with Crippen LogP contribution in [0.4, 0.5) is 5.82 Å². The summed E-state index contributed by atoms with van der Waals surface area (Å²) in [4.78, 5) is 11.7. The van der Waals surface area contributed by atoms with Gasteiger partial charge in [0, 0.05) is 29.9 Å². The Morgan fingerprint density at radius 2 is 1.44 bits per heavy atom. The molecule has 1 saturated carbocycles. The smallest absolute Gasteiger partial charge is 0.146 e. The van der Waals surface area contributed by atoms with E-state index in [1.165, 1.54) is 12.8 Å². The van der Waals surface area contributed by atoms with Crippen LogP contribution >= 0.6 is 0 Å². The molecule has 4 aromatic rings. The summed E-state index contributed by atoms with van der Waals surface area (Å²) < 4.78 is 8.33. The Kier molecular flexibility index (Phi) is 6.34. The summed E-state index contributed by atoms with van der Waals surface area (Å²) in [5, 5.41) is 0.932. The summed E-state index contributed by atoms with van der Waals surface area (Å²) in [6.07, 6.45) is 10.8. The third kappa shape index (κ3) is 4.56. The molecule has 0 unspecified atom stereocenters. The van der Waals surface area contributed by atoms with Crippen molar-refractivity contribution in [2.24, 2.45) is 5.73 Å². The van der Waals surface area contributed by atoms with Gasteiger partial charge in [-0.1, -0.05) is 30.3 Å². The number of nitrogens with zero attached hydrogens (tertiary/aromatic N) is 4. The van der Waals surface area contributed by atoms with Gasteiger partial charge < -0.3 is 25.7 Å². The van der Waals surface area contributed by atoms with Crippen LogP contribution in [0.5, 0.6) is 11.5 Å². The predicted molar refractivity (Wildman–Crippen MR) is 144 cm³/mol. The zero-order valence-corrected chi connectivity index (χ0v) is 20.6. The van der Waals surface area contributed by atoms with Crippen molar-refractivity contribution in [3.8, 4) is 22.6 Å². The fourth-order valence-corrected chi connectivity index (χ4v) is 5.92. The summed E-state index contributed by atoms with van der Waals surface area (Å²) in [7, 11) is 0. The van der Waals surface area contributed by atoms with Crippen LogP contribution in [-0.4, -0.2) is 44.6 Å². The number of aromatic nitrogens is 3. The molecule has 2 aromatic carbocycles. The molecule has 4 N–H and O–H groups in total. The van der Waals surface area contributed by atoms with E-state index in [-0.39, 0.29) is 0 Å². The molecule has 0 atom stereocenters. The van der Waals surface area contributed by atoms with Gasteiger partial charge >= 0.3 is 0 Å². The summed E-state index contributed by atoms with van der Waals surface area (Å²) in [6.45, 7) is 2.28. The number of nitrogen functional groups attached to an aromatic ring is 1. The van der Waals surface area contributed by atoms with Crippen LogP contribution in [0.25, 0.3) is 22.2 Å². The monoisotopic (exact) mass is 482 g/mol. The number of hydrogen-bond donors (Lipinski definition) is 2. The highest BCUT2D eigenvalue weighted by Crippen LogP contribution is 2.39. The van der Waals surface area contributed by atoms with E-state index in [1.54, 1.807) is 6.33 Å². The quantitative estimate of drug-likeness (QED) is 0.397. The molecule has 36 heavy (non-hydrogen) atoms. The van der Waals surface area contributed by atoms with E-state index >= 15 is 0 Å². The molecule has 2 fully saturated rings. The molecule has 0 spiro atoms. The molecule has 186 valence electrons. The van der Waals surface area contributed by atoms with Gasteiger partial charge in [0.15, 0.2) is 0 Å². The molecule has 0 amide bonds. The Hall–Kier alpha value is -3.42. The van der Waals surface area contributed by atoms with E-state index in [9.17, 15) is 0 Å². The second-order valence-corrected chi connectivity index (χ2v) is 10.2. The molecular weight excluding hydrogens is 448 g/mol. The zero-order chi connectivity index (χ0) is 24.5. The Bertz CT molecular complexity index is 1300. The van der Waals surface area contributed by atoms with Gasteiger partial charge in [-0.25, -0.2) is 9.97 Å². The van der Waals surface area contributed by atoms with Crippen molar-refractivity contribution in [2.75, 3.05) is 18.8 Å². The SMILES string of the molecule is Nc1ncnc2c1c(-c1ccc(Oc3ccccc3)cc1)cn2[C@H]1CC[C@H](N2CCC(N)CC2)CC1. The Labute approximate surface area is 212 Å². The summed E-state index contributed by atoms with van der Waals surface area (Å²) in [6, 6.07) is 19.5. The fourth-order valence-electron chi connectivity index (χ4n) is 5.92. The lowest BCUT2D eigenvalue weighted by Crippen LogP contribution is -2.46. The number of nitrogens with two attached hydrogens (primary N) is 2. The van der Waals surface area contributed by atoms with Crippen molar-refractivity contribution in [2.45, 2.75) is 56.7 Å². The minimum absolute atomic E-state index is 0.381. The summed E-state index contributed by atoms with van der Waals surface area (Å²) >= 11 is 0. The lowest BCUT2D eigenvalue weighted by Gasteiger charge is -2.40. The van der Waals surface area contributed by atoms with E-state index in [0.717, 1.165) is 72.4 Å². The first-order chi connectivity index (χ1) is 17.7. The number of hydrogen-bond acceptors (Lipinski definition) is 6. The molecule has 0 bridgehead atoms. The van der Waals surface area contributed by atoms with Crippen LogP contribution in [0.3, 0.4) is 0 Å². The number of anilines is 1. The molecule has 2 aromatic heterocycles. The number of para-hydroxylation sites is 1. The molecule has 6 rings (SSSR count). The van der Waals surface area contributed by atoms with Crippen molar-refractivity contribution in [1.29, 1.82) is 0 Å². The second kappa shape index (κ2) is 9.91. The highest BCUT2D eigenvalue weighted by atomic mass is 16.5. The van der Waals surface area contributed by atoms with Crippen LogP contribution in [-0.2, 0) is 0 Å². The minimum atomic E-state index is 0.381. The Morgan fingerprint density at radius 3 is 2.17 bits per heavy atom. The first-order valence-electron chi connectivity index (χ1n) is 13.1. The van der Waals surface area contributed by atoms with E-state index in [0.29, 0.717) is 23.9 Å². The van der Waals surface area contributed by atoms with Crippen molar-refractivity contribution in [3.05, 3.63) is 67.1 Å². The van der Waals surface area contributed by atoms with Gasteiger partial charge in [0.25, 0.3) is 0 Å². The summed E-state index contributed by atoms with van der Waals surface area (Å²) in [5.41, 5.74) is 15.6. The molecule has 7 heteroatoms. The average molecular weight is 483 g/mol. The van der Waals surface area contributed by atoms with Gasteiger partial charge in [0.1, 0.15) is 29.3 Å². The molecule has 2 aliphatic rings. The Balaban J connectivity index is 1.24. The number of fused-ring (bicyclic) bond motifs is 1. The predicted octanol–water partition coefficient (Wildman–Crippen LogP) is 5.38. The van der Waals surface area contributed by atoms with Crippen LogP contribution in [0.2, 0.25) is 0 Å². The Morgan fingerprint density at radius 1 is 0.778 bits per heavy atom. The highest BCUT2D eigenvalue weighted by molar-refractivity contribution is 6.00. The average Bonchev–Trinajstić information content (AvgIpc) is 3.31. The first kappa shape index (κ1) is 23.0. The van der Waals surface area contributed by atoms with Crippen molar-refractivity contribution < 1.29 is 4.74 Å². The number of piperidine rings is 1. The molecule has 3 heterocycles. The first-order valence-corrected chi connectivity index (χ1v) is 13.1. The zero-order valence-electron chi connectivity index (χ0n) is 20.6. The van der Waals surface area contributed by atoms with Gasteiger partial charge in [0.2, 0.25) is 0 Å². The van der Waals surface area contributed by atoms with Gasteiger partial charge in [-0.15, -0.1) is 0 Å². The molecule has 1 aliphatic carbocycles. The molecule has 0 radical (unpaired) electrons. The molecule has 7 nitrogen and oxygen atoms in total. The number of rotatable bonds is 5. The molecule has 1 saturated heterocycles.